The molecule has 0 saturated carbocycles. The minimum Gasteiger partial charge on any atom is -0.348 e. The molecule has 0 aliphatic rings. The molecule has 0 bridgehead atoms. The van der Waals surface area contributed by atoms with Crippen molar-refractivity contribution in [3.63, 3.8) is 0 Å². The number of aromatic nitrogens is 4. The predicted octanol–water partition coefficient (Wildman–Crippen LogP) is 4.19. The SMILES string of the molecule is CCCC(C)NC(=O)c1ccc(NC(=O)c2n[nH]c3ccc(-c4cccnc4)cc23)cn1. The van der Waals surface area contributed by atoms with Gasteiger partial charge in [0.1, 0.15) is 5.69 Å². The van der Waals surface area contributed by atoms with Gasteiger partial charge < -0.3 is 10.6 Å². The summed E-state index contributed by atoms with van der Waals surface area (Å²) in [7, 11) is 0. The highest BCUT2D eigenvalue weighted by atomic mass is 16.2. The van der Waals surface area contributed by atoms with Crippen LogP contribution in [0.2, 0.25) is 0 Å². The van der Waals surface area contributed by atoms with Crippen molar-refractivity contribution in [3.05, 3.63) is 72.4 Å². The van der Waals surface area contributed by atoms with E-state index in [-0.39, 0.29) is 23.6 Å². The lowest BCUT2D eigenvalue weighted by Gasteiger charge is -2.12. The number of pyridine rings is 2. The number of H-pyrrole nitrogens is 1. The average Bonchev–Trinajstić information content (AvgIpc) is 3.23. The van der Waals surface area contributed by atoms with Crippen LogP contribution in [0.4, 0.5) is 5.69 Å². The Hall–Kier alpha value is -4.07. The summed E-state index contributed by atoms with van der Waals surface area (Å²) in [5.74, 6) is -0.597. The van der Waals surface area contributed by atoms with Gasteiger partial charge in [0.2, 0.25) is 0 Å². The third-order valence-electron chi connectivity index (χ3n) is 5.13. The molecule has 0 radical (unpaired) electrons. The van der Waals surface area contributed by atoms with Gasteiger partial charge >= 0.3 is 0 Å². The molecule has 162 valence electrons. The summed E-state index contributed by atoms with van der Waals surface area (Å²) in [6, 6.07) is 12.9. The lowest BCUT2D eigenvalue weighted by Crippen LogP contribution is -2.32. The Morgan fingerprint density at radius 3 is 2.66 bits per heavy atom. The number of benzene rings is 1. The van der Waals surface area contributed by atoms with Gasteiger partial charge in [0.15, 0.2) is 5.69 Å². The van der Waals surface area contributed by atoms with Crippen molar-refractivity contribution < 1.29 is 9.59 Å². The molecular formula is C24H24N6O2. The number of carbonyl (C=O) groups is 2. The lowest BCUT2D eigenvalue weighted by atomic mass is 10.0. The van der Waals surface area contributed by atoms with Crippen LogP contribution in [0.5, 0.6) is 0 Å². The number of anilines is 1. The maximum Gasteiger partial charge on any atom is 0.276 e. The van der Waals surface area contributed by atoms with Crippen molar-refractivity contribution in [3.8, 4) is 11.1 Å². The van der Waals surface area contributed by atoms with Gasteiger partial charge in [-0.25, -0.2) is 4.98 Å². The van der Waals surface area contributed by atoms with E-state index in [1.807, 2.05) is 37.3 Å². The Bertz CT molecular complexity index is 1230. The maximum absolute atomic E-state index is 12.9. The van der Waals surface area contributed by atoms with Gasteiger partial charge in [-0.15, -0.1) is 0 Å². The molecule has 0 aliphatic heterocycles. The van der Waals surface area contributed by atoms with E-state index in [0.717, 1.165) is 29.5 Å². The van der Waals surface area contributed by atoms with E-state index >= 15 is 0 Å². The van der Waals surface area contributed by atoms with E-state index in [1.54, 1.807) is 24.5 Å². The quantitative estimate of drug-likeness (QED) is 0.408. The van der Waals surface area contributed by atoms with Crippen LogP contribution in [-0.4, -0.2) is 38.0 Å². The summed E-state index contributed by atoms with van der Waals surface area (Å²) in [4.78, 5) is 33.5. The second-order valence-corrected chi connectivity index (χ2v) is 7.62. The molecule has 8 heteroatoms. The first-order valence-corrected chi connectivity index (χ1v) is 10.5. The number of amides is 2. The van der Waals surface area contributed by atoms with Gasteiger partial charge in [0.05, 0.1) is 17.4 Å². The first-order valence-electron chi connectivity index (χ1n) is 10.5. The molecule has 0 fully saturated rings. The fourth-order valence-electron chi connectivity index (χ4n) is 3.50. The Labute approximate surface area is 185 Å². The zero-order chi connectivity index (χ0) is 22.5. The minimum atomic E-state index is -0.366. The first kappa shape index (κ1) is 21.2. The third-order valence-corrected chi connectivity index (χ3v) is 5.13. The van der Waals surface area contributed by atoms with E-state index in [2.05, 4.69) is 37.7 Å². The molecule has 2 amide bonds. The number of hydrogen-bond donors (Lipinski definition) is 3. The summed E-state index contributed by atoms with van der Waals surface area (Å²) in [6.45, 7) is 4.03. The van der Waals surface area contributed by atoms with Crippen molar-refractivity contribution in [2.75, 3.05) is 5.32 Å². The van der Waals surface area contributed by atoms with Gasteiger partial charge in [-0.05, 0) is 49.2 Å². The lowest BCUT2D eigenvalue weighted by molar-refractivity contribution is 0.0933. The zero-order valence-corrected chi connectivity index (χ0v) is 17.9. The summed E-state index contributed by atoms with van der Waals surface area (Å²) >= 11 is 0. The fraction of sp³-hybridized carbons (Fsp3) is 0.208. The topological polar surface area (TPSA) is 113 Å². The Morgan fingerprint density at radius 1 is 1.06 bits per heavy atom. The van der Waals surface area contributed by atoms with Gasteiger partial charge in [-0.2, -0.15) is 5.10 Å². The van der Waals surface area contributed by atoms with Crippen molar-refractivity contribution in [2.24, 2.45) is 0 Å². The second kappa shape index (κ2) is 9.38. The molecule has 1 atom stereocenters. The van der Waals surface area contributed by atoms with Crippen molar-refractivity contribution >= 4 is 28.4 Å². The number of nitrogens with one attached hydrogen (secondary N) is 3. The van der Waals surface area contributed by atoms with E-state index in [9.17, 15) is 9.59 Å². The van der Waals surface area contributed by atoms with Crippen molar-refractivity contribution in [2.45, 2.75) is 32.7 Å². The molecular weight excluding hydrogens is 404 g/mol. The highest BCUT2D eigenvalue weighted by molar-refractivity contribution is 6.11. The smallest absolute Gasteiger partial charge is 0.276 e. The Morgan fingerprint density at radius 2 is 1.94 bits per heavy atom. The van der Waals surface area contributed by atoms with Gasteiger partial charge in [-0.1, -0.05) is 25.5 Å². The van der Waals surface area contributed by atoms with Gasteiger partial charge in [0, 0.05) is 29.4 Å². The summed E-state index contributed by atoms with van der Waals surface area (Å²) in [5, 5.41) is 13.5. The molecule has 32 heavy (non-hydrogen) atoms. The fourth-order valence-corrected chi connectivity index (χ4v) is 3.50. The highest BCUT2D eigenvalue weighted by Crippen LogP contribution is 2.25. The molecule has 3 aromatic heterocycles. The number of nitrogens with zero attached hydrogens (tertiary/aromatic N) is 3. The highest BCUT2D eigenvalue weighted by Gasteiger charge is 2.16. The number of aromatic amines is 1. The summed E-state index contributed by atoms with van der Waals surface area (Å²) < 4.78 is 0. The summed E-state index contributed by atoms with van der Waals surface area (Å²) in [5.41, 5.74) is 3.71. The molecule has 4 aromatic rings. The van der Waals surface area contributed by atoms with E-state index in [1.165, 1.54) is 6.20 Å². The molecule has 3 N–H and O–H groups in total. The van der Waals surface area contributed by atoms with E-state index in [4.69, 9.17) is 0 Å². The second-order valence-electron chi connectivity index (χ2n) is 7.62. The van der Waals surface area contributed by atoms with Crippen LogP contribution in [0, 0.1) is 0 Å². The molecule has 0 aliphatic carbocycles. The average molecular weight is 428 g/mol. The zero-order valence-electron chi connectivity index (χ0n) is 17.9. The minimum absolute atomic E-state index is 0.0817. The van der Waals surface area contributed by atoms with Crippen LogP contribution in [0.25, 0.3) is 22.0 Å². The number of fused-ring (bicyclic) bond motifs is 1. The molecule has 0 saturated heterocycles. The van der Waals surface area contributed by atoms with Crippen molar-refractivity contribution in [1.29, 1.82) is 0 Å². The standard InChI is InChI=1S/C24H24N6O2/c1-3-5-15(2)27-23(31)21-10-8-18(14-26-21)28-24(32)22-19-12-16(7-9-20(19)29-30-22)17-6-4-11-25-13-17/h4,6-15H,3,5H2,1-2H3,(H,27,31)(H,28,32)(H,29,30). The summed E-state index contributed by atoms with van der Waals surface area (Å²) in [6.07, 6.45) is 6.85. The maximum atomic E-state index is 12.9. The van der Waals surface area contributed by atoms with Gasteiger partial charge in [0.25, 0.3) is 11.8 Å². The number of rotatable bonds is 7. The Kier molecular flexibility index (Phi) is 6.21. The Balaban J connectivity index is 1.50. The van der Waals surface area contributed by atoms with E-state index < -0.39 is 0 Å². The predicted molar refractivity (Wildman–Crippen MR) is 123 cm³/mol. The van der Waals surface area contributed by atoms with Crippen LogP contribution in [-0.2, 0) is 0 Å². The molecule has 3 heterocycles. The monoisotopic (exact) mass is 428 g/mol. The molecule has 1 unspecified atom stereocenters. The van der Waals surface area contributed by atoms with E-state index in [0.29, 0.717) is 16.8 Å². The first-order chi connectivity index (χ1) is 15.5. The van der Waals surface area contributed by atoms with Crippen LogP contribution in [0.3, 0.4) is 0 Å². The third kappa shape index (κ3) is 4.64. The number of hydrogen-bond acceptors (Lipinski definition) is 5. The van der Waals surface area contributed by atoms with Crippen molar-refractivity contribution in [1.82, 2.24) is 25.5 Å². The largest absolute Gasteiger partial charge is 0.348 e. The van der Waals surface area contributed by atoms with Crippen LogP contribution in [0.1, 0.15) is 47.7 Å². The van der Waals surface area contributed by atoms with Crippen LogP contribution < -0.4 is 10.6 Å². The van der Waals surface area contributed by atoms with Crippen LogP contribution in [0.15, 0.2) is 61.1 Å². The van der Waals surface area contributed by atoms with Crippen LogP contribution >= 0.6 is 0 Å². The molecule has 0 spiro atoms. The molecule has 1 aromatic carbocycles. The van der Waals surface area contributed by atoms with Gasteiger partial charge in [-0.3, -0.25) is 19.7 Å². The molecule has 8 nitrogen and oxygen atoms in total. The number of carbonyl (C=O) groups excluding carboxylic acids is 2. The normalized spacial score (nSPS) is 11.8. The molecule has 4 rings (SSSR count).